The van der Waals surface area contributed by atoms with Gasteiger partial charge in [-0.1, -0.05) is 5.16 Å². The molecule has 0 fully saturated rings. The van der Waals surface area contributed by atoms with E-state index in [1.807, 2.05) is 0 Å². The number of amides is 1. The molecule has 0 saturated heterocycles. The molecule has 2 atom stereocenters. The molecule has 98 valence electrons. The number of rotatable bonds is 3. The predicted octanol–water partition coefficient (Wildman–Crippen LogP) is 1.37. The first-order chi connectivity index (χ1) is 7.81. The van der Waals surface area contributed by atoms with Crippen LogP contribution in [0.3, 0.4) is 0 Å². The van der Waals surface area contributed by atoms with E-state index >= 15 is 0 Å². The molecule has 0 spiro atoms. The SMILES string of the molecule is CC(C)(C)OC(=O)N[C@@H](CO)[C@H]1CC(Br)=NO1. The second-order valence-corrected chi connectivity index (χ2v) is 5.67. The summed E-state index contributed by atoms with van der Waals surface area (Å²) in [7, 11) is 0. The first-order valence-corrected chi connectivity index (χ1v) is 6.09. The summed E-state index contributed by atoms with van der Waals surface area (Å²) in [6, 6.07) is -0.538. The lowest BCUT2D eigenvalue weighted by Crippen LogP contribution is -2.47. The highest BCUT2D eigenvalue weighted by molar-refractivity contribution is 9.18. The maximum Gasteiger partial charge on any atom is 0.408 e. The highest BCUT2D eigenvalue weighted by Gasteiger charge is 2.30. The number of ether oxygens (including phenoxy) is 1. The van der Waals surface area contributed by atoms with Crippen molar-refractivity contribution in [2.75, 3.05) is 6.61 Å². The molecule has 17 heavy (non-hydrogen) atoms. The van der Waals surface area contributed by atoms with Crippen molar-refractivity contribution < 1.29 is 19.5 Å². The van der Waals surface area contributed by atoms with E-state index in [1.165, 1.54) is 0 Å². The Bertz CT molecular complexity index is 314. The number of aliphatic hydroxyl groups excluding tert-OH is 1. The van der Waals surface area contributed by atoms with Gasteiger partial charge in [-0.3, -0.25) is 0 Å². The van der Waals surface area contributed by atoms with Crippen LogP contribution in [0.5, 0.6) is 0 Å². The van der Waals surface area contributed by atoms with Crippen molar-refractivity contribution in [2.24, 2.45) is 5.16 Å². The molecule has 0 radical (unpaired) electrons. The van der Waals surface area contributed by atoms with Gasteiger partial charge in [-0.05, 0) is 36.7 Å². The monoisotopic (exact) mass is 308 g/mol. The molecule has 1 amide bonds. The summed E-state index contributed by atoms with van der Waals surface area (Å²) >= 11 is 3.19. The van der Waals surface area contributed by atoms with Crippen LogP contribution in [-0.4, -0.2) is 40.2 Å². The van der Waals surface area contributed by atoms with E-state index < -0.39 is 17.7 Å². The van der Waals surface area contributed by atoms with Gasteiger partial charge in [-0.15, -0.1) is 0 Å². The van der Waals surface area contributed by atoms with Crippen molar-refractivity contribution in [3.63, 3.8) is 0 Å². The topological polar surface area (TPSA) is 80.2 Å². The van der Waals surface area contributed by atoms with Crippen LogP contribution in [0.1, 0.15) is 27.2 Å². The molecule has 6 nitrogen and oxygen atoms in total. The van der Waals surface area contributed by atoms with Gasteiger partial charge in [-0.2, -0.15) is 0 Å². The number of oxime groups is 1. The van der Waals surface area contributed by atoms with Crippen LogP contribution in [0.15, 0.2) is 5.16 Å². The molecule has 0 aromatic rings. The van der Waals surface area contributed by atoms with Crippen LogP contribution in [0.4, 0.5) is 4.79 Å². The van der Waals surface area contributed by atoms with E-state index in [0.717, 1.165) is 0 Å². The van der Waals surface area contributed by atoms with Crippen LogP contribution < -0.4 is 5.32 Å². The standard InChI is InChI=1S/C10H17BrN2O4/c1-10(2,3)16-9(15)12-6(5-14)7-4-8(11)13-17-7/h6-7,14H,4-5H2,1-3H3,(H,12,15)/t6-,7+/m0/s1. The Kier molecular flexibility index (Phi) is 4.76. The lowest BCUT2D eigenvalue weighted by atomic mass is 10.1. The molecule has 7 heteroatoms. The fraction of sp³-hybridized carbons (Fsp3) is 0.800. The summed E-state index contributed by atoms with van der Waals surface area (Å²) in [5, 5.41) is 15.5. The maximum absolute atomic E-state index is 11.5. The summed E-state index contributed by atoms with van der Waals surface area (Å²) in [4.78, 5) is 16.6. The highest BCUT2D eigenvalue weighted by atomic mass is 79.9. The first-order valence-electron chi connectivity index (χ1n) is 5.30. The largest absolute Gasteiger partial charge is 0.444 e. The second kappa shape index (κ2) is 5.68. The van der Waals surface area contributed by atoms with Gasteiger partial charge < -0.3 is 20.0 Å². The fourth-order valence-corrected chi connectivity index (χ4v) is 1.70. The van der Waals surface area contributed by atoms with Crippen molar-refractivity contribution in [1.29, 1.82) is 0 Å². The van der Waals surface area contributed by atoms with Gasteiger partial charge in [-0.25, -0.2) is 4.79 Å². The van der Waals surface area contributed by atoms with Crippen LogP contribution in [0, 0.1) is 0 Å². The molecular formula is C10H17BrN2O4. The predicted molar refractivity (Wildman–Crippen MR) is 66.1 cm³/mol. The third-order valence-corrected chi connectivity index (χ3v) is 2.47. The number of alkyl carbamates (subject to hydrolysis) is 1. The minimum atomic E-state index is -0.580. The number of hydrogen-bond donors (Lipinski definition) is 2. The number of carbonyl (C=O) groups is 1. The molecule has 0 aromatic carbocycles. The van der Waals surface area contributed by atoms with Crippen LogP contribution in [0.2, 0.25) is 0 Å². The number of aliphatic hydroxyl groups is 1. The molecule has 0 saturated carbocycles. The van der Waals surface area contributed by atoms with Crippen LogP contribution in [-0.2, 0) is 9.57 Å². The quantitative estimate of drug-likeness (QED) is 0.825. The number of carbonyl (C=O) groups excluding carboxylic acids is 1. The van der Waals surface area contributed by atoms with Gasteiger partial charge in [0.25, 0.3) is 0 Å². The zero-order valence-electron chi connectivity index (χ0n) is 10.1. The lowest BCUT2D eigenvalue weighted by Gasteiger charge is -2.24. The van der Waals surface area contributed by atoms with Gasteiger partial charge in [0.2, 0.25) is 0 Å². The number of halogens is 1. The van der Waals surface area contributed by atoms with Gasteiger partial charge >= 0.3 is 6.09 Å². The Morgan fingerprint density at radius 3 is 2.82 bits per heavy atom. The molecule has 2 N–H and O–H groups in total. The second-order valence-electron chi connectivity index (χ2n) is 4.75. The van der Waals surface area contributed by atoms with E-state index in [-0.39, 0.29) is 12.7 Å². The van der Waals surface area contributed by atoms with Crippen LogP contribution >= 0.6 is 15.9 Å². The van der Waals surface area contributed by atoms with E-state index in [2.05, 4.69) is 26.4 Å². The van der Waals surface area contributed by atoms with Crippen molar-refractivity contribution in [3.05, 3.63) is 0 Å². The number of hydrogen-bond acceptors (Lipinski definition) is 5. The van der Waals surface area contributed by atoms with Crippen molar-refractivity contribution >= 4 is 26.6 Å². The minimum Gasteiger partial charge on any atom is -0.444 e. The summed E-state index contributed by atoms with van der Waals surface area (Å²) in [5.74, 6) is 0. The number of nitrogens with zero attached hydrogens (tertiary/aromatic N) is 1. The van der Waals surface area contributed by atoms with Crippen LogP contribution in [0.25, 0.3) is 0 Å². The molecular weight excluding hydrogens is 292 g/mol. The zero-order valence-corrected chi connectivity index (χ0v) is 11.7. The molecule has 0 unspecified atom stereocenters. The molecule has 1 aliphatic rings. The van der Waals surface area contributed by atoms with E-state index in [1.54, 1.807) is 20.8 Å². The third-order valence-electron chi connectivity index (χ3n) is 2.00. The van der Waals surface area contributed by atoms with Gasteiger partial charge in [0.05, 0.1) is 12.6 Å². The smallest absolute Gasteiger partial charge is 0.408 e. The Morgan fingerprint density at radius 2 is 2.41 bits per heavy atom. The molecule has 1 rings (SSSR count). The fourth-order valence-electron chi connectivity index (χ4n) is 1.30. The van der Waals surface area contributed by atoms with Gasteiger partial charge in [0.15, 0.2) is 6.10 Å². The Labute approximate surface area is 108 Å². The molecule has 0 bridgehead atoms. The zero-order chi connectivity index (χ0) is 13.1. The summed E-state index contributed by atoms with van der Waals surface area (Å²) in [5.41, 5.74) is -0.572. The Morgan fingerprint density at radius 1 is 1.76 bits per heavy atom. The van der Waals surface area contributed by atoms with E-state index in [4.69, 9.17) is 9.57 Å². The molecule has 1 heterocycles. The molecule has 1 aliphatic heterocycles. The average molecular weight is 309 g/mol. The normalized spacial score (nSPS) is 21.5. The third kappa shape index (κ3) is 4.91. The highest BCUT2D eigenvalue weighted by Crippen LogP contribution is 2.17. The Balaban J connectivity index is 2.45. The summed E-state index contributed by atoms with van der Waals surface area (Å²) < 4.78 is 5.75. The van der Waals surface area contributed by atoms with Gasteiger partial charge in [0, 0.05) is 6.42 Å². The summed E-state index contributed by atoms with van der Waals surface area (Å²) in [6.45, 7) is 5.07. The van der Waals surface area contributed by atoms with Crippen molar-refractivity contribution in [3.8, 4) is 0 Å². The van der Waals surface area contributed by atoms with Crippen molar-refractivity contribution in [2.45, 2.75) is 44.9 Å². The van der Waals surface area contributed by atoms with Crippen molar-refractivity contribution in [1.82, 2.24) is 5.32 Å². The van der Waals surface area contributed by atoms with E-state index in [9.17, 15) is 9.90 Å². The molecule has 0 aromatic heterocycles. The maximum atomic E-state index is 11.5. The molecule has 0 aliphatic carbocycles. The minimum absolute atomic E-state index is 0.236. The average Bonchev–Trinajstić information content (AvgIpc) is 2.58. The van der Waals surface area contributed by atoms with Gasteiger partial charge in [0.1, 0.15) is 10.2 Å². The lowest BCUT2D eigenvalue weighted by molar-refractivity contribution is 0.0178. The number of nitrogens with one attached hydrogen (secondary N) is 1. The first kappa shape index (κ1) is 14.2. The summed E-state index contributed by atoms with van der Waals surface area (Å²) in [6.07, 6.45) is -0.439. The van der Waals surface area contributed by atoms with E-state index in [0.29, 0.717) is 11.0 Å². The Hall–Kier alpha value is -0.820.